The Balaban J connectivity index is 2.77. The summed E-state index contributed by atoms with van der Waals surface area (Å²) >= 11 is 0. The third-order valence-corrected chi connectivity index (χ3v) is 3.16. The van der Waals surface area contributed by atoms with E-state index in [1.165, 1.54) is 6.26 Å². The summed E-state index contributed by atoms with van der Waals surface area (Å²) in [5.41, 5.74) is 5.63. The molecule has 17 heavy (non-hydrogen) atoms. The second-order valence-electron chi connectivity index (χ2n) is 4.09. The molecule has 0 aliphatic carbocycles. The molecule has 96 valence electrons. The number of hydrogen-bond acceptors (Lipinski definition) is 6. The van der Waals surface area contributed by atoms with Gasteiger partial charge in [0.1, 0.15) is 27.3 Å². The molecular formula is C10H18N4O2S. The van der Waals surface area contributed by atoms with Crippen molar-refractivity contribution in [3.05, 3.63) is 11.9 Å². The molecule has 0 saturated heterocycles. The van der Waals surface area contributed by atoms with Crippen molar-refractivity contribution in [2.75, 3.05) is 23.1 Å². The van der Waals surface area contributed by atoms with E-state index in [4.69, 9.17) is 5.73 Å². The molecule has 6 nitrogen and oxygen atoms in total. The van der Waals surface area contributed by atoms with Gasteiger partial charge >= 0.3 is 0 Å². The maximum Gasteiger partial charge on any atom is 0.149 e. The molecule has 0 spiro atoms. The molecule has 1 atom stereocenters. The molecule has 1 heterocycles. The minimum Gasteiger partial charge on any atom is -0.384 e. The summed E-state index contributed by atoms with van der Waals surface area (Å²) in [5.74, 6) is 1.63. The van der Waals surface area contributed by atoms with Gasteiger partial charge in [-0.05, 0) is 6.92 Å². The summed E-state index contributed by atoms with van der Waals surface area (Å²) in [6.45, 7) is 3.71. The fourth-order valence-electron chi connectivity index (χ4n) is 1.50. The first-order chi connectivity index (χ1) is 7.80. The van der Waals surface area contributed by atoms with Gasteiger partial charge in [0, 0.05) is 24.8 Å². The van der Waals surface area contributed by atoms with E-state index in [9.17, 15) is 8.42 Å². The van der Waals surface area contributed by atoms with Crippen molar-refractivity contribution >= 4 is 21.5 Å². The van der Waals surface area contributed by atoms with Gasteiger partial charge < -0.3 is 11.1 Å². The van der Waals surface area contributed by atoms with Gasteiger partial charge in [-0.3, -0.25) is 0 Å². The van der Waals surface area contributed by atoms with E-state index in [-0.39, 0.29) is 11.8 Å². The van der Waals surface area contributed by atoms with E-state index in [0.29, 0.717) is 23.9 Å². The van der Waals surface area contributed by atoms with Gasteiger partial charge in [0.25, 0.3) is 0 Å². The van der Waals surface area contributed by atoms with E-state index in [2.05, 4.69) is 15.3 Å². The molecule has 0 amide bonds. The van der Waals surface area contributed by atoms with Crippen LogP contribution in [0.5, 0.6) is 0 Å². The summed E-state index contributed by atoms with van der Waals surface area (Å²) in [7, 11) is -3.01. The van der Waals surface area contributed by atoms with Crippen LogP contribution in [0.4, 0.5) is 11.6 Å². The van der Waals surface area contributed by atoms with Crippen LogP contribution in [-0.4, -0.2) is 36.4 Å². The summed E-state index contributed by atoms with van der Waals surface area (Å²) in [6, 6.07) is 1.38. The summed E-state index contributed by atoms with van der Waals surface area (Å²) in [6.07, 6.45) is 1.89. The Morgan fingerprint density at radius 3 is 2.65 bits per heavy atom. The Bertz CT molecular complexity index is 487. The average Bonchev–Trinajstić information content (AvgIpc) is 2.13. The van der Waals surface area contributed by atoms with E-state index in [1.807, 2.05) is 6.92 Å². The maximum atomic E-state index is 11.1. The Hall–Kier alpha value is -1.37. The predicted molar refractivity (Wildman–Crippen MR) is 68.6 cm³/mol. The molecular weight excluding hydrogens is 240 g/mol. The number of rotatable bonds is 5. The molecule has 0 radical (unpaired) electrons. The number of nitrogens with zero attached hydrogens (tertiary/aromatic N) is 2. The zero-order valence-corrected chi connectivity index (χ0v) is 11.1. The molecule has 0 aromatic carbocycles. The molecule has 1 aromatic rings. The number of hydrogen-bond donors (Lipinski definition) is 2. The highest BCUT2D eigenvalue weighted by molar-refractivity contribution is 7.90. The van der Waals surface area contributed by atoms with Gasteiger partial charge in [0.05, 0.1) is 5.75 Å². The molecule has 3 N–H and O–H groups in total. The lowest BCUT2D eigenvalue weighted by molar-refractivity contribution is 0.598. The lowest BCUT2D eigenvalue weighted by atomic mass is 10.3. The number of aryl methyl sites for hydroxylation is 1. The molecule has 7 heteroatoms. The van der Waals surface area contributed by atoms with Crippen LogP contribution in [-0.2, 0) is 16.3 Å². The van der Waals surface area contributed by atoms with E-state index < -0.39 is 9.84 Å². The van der Waals surface area contributed by atoms with Crippen molar-refractivity contribution in [1.82, 2.24) is 9.97 Å². The average molecular weight is 258 g/mol. The van der Waals surface area contributed by atoms with Crippen LogP contribution in [0.15, 0.2) is 6.07 Å². The van der Waals surface area contributed by atoms with Gasteiger partial charge in [-0.25, -0.2) is 18.4 Å². The summed E-state index contributed by atoms with van der Waals surface area (Å²) in [5, 5.41) is 3.00. The lowest BCUT2D eigenvalue weighted by Crippen LogP contribution is -2.25. The maximum absolute atomic E-state index is 11.1. The standard InChI is InChI=1S/C10H18N4O2S/c1-4-9-13-8(11)5-10(14-9)12-7(2)6-17(3,15)16/h5,7H,4,6H2,1-3H3,(H3,11,12,13,14). The highest BCUT2D eigenvalue weighted by atomic mass is 32.2. The van der Waals surface area contributed by atoms with Crippen molar-refractivity contribution in [2.24, 2.45) is 0 Å². The first kappa shape index (κ1) is 13.7. The second-order valence-corrected chi connectivity index (χ2v) is 6.27. The van der Waals surface area contributed by atoms with Gasteiger partial charge in [0.2, 0.25) is 0 Å². The first-order valence-electron chi connectivity index (χ1n) is 5.38. The molecule has 0 bridgehead atoms. The van der Waals surface area contributed by atoms with E-state index in [0.717, 1.165) is 0 Å². The quantitative estimate of drug-likeness (QED) is 0.796. The van der Waals surface area contributed by atoms with Crippen molar-refractivity contribution in [2.45, 2.75) is 26.3 Å². The third kappa shape index (κ3) is 4.99. The van der Waals surface area contributed by atoms with E-state index >= 15 is 0 Å². The normalized spacial score (nSPS) is 13.4. The minimum atomic E-state index is -3.01. The fraction of sp³-hybridized carbons (Fsp3) is 0.600. The summed E-state index contributed by atoms with van der Waals surface area (Å²) < 4.78 is 22.2. The molecule has 0 aliphatic rings. The minimum absolute atomic E-state index is 0.0539. The van der Waals surface area contributed by atoms with Crippen LogP contribution in [0.1, 0.15) is 19.7 Å². The number of aromatic nitrogens is 2. The Morgan fingerprint density at radius 2 is 2.12 bits per heavy atom. The highest BCUT2D eigenvalue weighted by Gasteiger charge is 2.11. The SMILES string of the molecule is CCc1nc(N)cc(NC(C)CS(C)(=O)=O)n1. The number of anilines is 2. The van der Waals surface area contributed by atoms with Crippen molar-refractivity contribution in [3.8, 4) is 0 Å². The van der Waals surface area contributed by atoms with Crippen LogP contribution < -0.4 is 11.1 Å². The number of nitrogen functional groups attached to an aromatic ring is 1. The van der Waals surface area contributed by atoms with Crippen LogP contribution in [0.25, 0.3) is 0 Å². The Morgan fingerprint density at radius 1 is 1.47 bits per heavy atom. The number of nitrogens with two attached hydrogens (primary N) is 1. The highest BCUT2D eigenvalue weighted by Crippen LogP contribution is 2.10. The first-order valence-corrected chi connectivity index (χ1v) is 7.44. The van der Waals surface area contributed by atoms with Crippen molar-refractivity contribution in [1.29, 1.82) is 0 Å². The second kappa shape index (κ2) is 5.31. The molecule has 0 aliphatic heterocycles. The van der Waals surface area contributed by atoms with Crippen molar-refractivity contribution in [3.63, 3.8) is 0 Å². The van der Waals surface area contributed by atoms with Crippen LogP contribution in [0.3, 0.4) is 0 Å². The van der Waals surface area contributed by atoms with Gasteiger partial charge in [0.15, 0.2) is 0 Å². The van der Waals surface area contributed by atoms with E-state index in [1.54, 1.807) is 13.0 Å². The lowest BCUT2D eigenvalue weighted by Gasteiger charge is -2.14. The van der Waals surface area contributed by atoms with Crippen LogP contribution in [0.2, 0.25) is 0 Å². The van der Waals surface area contributed by atoms with Crippen molar-refractivity contribution < 1.29 is 8.42 Å². The zero-order valence-electron chi connectivity index (χ0n) is 10.3. The number of sulfone groups is 1. The monoisotopic (exact) mass is 258 g/mol. The zero-order chi connectivity index (χ0) is 13.1. The van der Waals surface area contributed by atoms with Gasteiger partial charge in [-0.2, -0.15) is 0 Å². The predicted octanol–water partition coefficient (Wildman–Crippen LogP) is 0.466. The van der Waals surface area contributed by atoms with Gasteiger partial charge in [-0.15, -0.1) is 0 Å². The molecule has 0 fully saturated rings. The summed E-state index contributed by atoms with van der Waals surface area (Å²) in [4.78, 5) is 8.27. The molecule has 1 unspecified atom stereocenters. The third-order valence-electron chi connectivity index (χ3n) is 2.06. The van der Waals surface area contributed by atoms with Gasteiger partial charge in [-0.1, -0.05) is 6.92 Å². The number of nitrogens with one attached hydrogen (secondary N) is 1. The molecule has 1 aromatic heterocycles. The molecule has 1 rings (SSSR count). The van der Waals surface area contributed by atoms with Crippen LogP contribution >= 0.6 is 0 Å². The smallest absolute Gasteiger partial charge is 0.149 e. The fourth-order valence-corrected chi connectivity index (χ4v) is 2.49. The topological polar surface area (TPSA) is 98.0 Å². The largest absolute Gasteiger partial charge is 0.384 e. The Kier molecular flexibility index (Phi) is 4.28. The Labute approximate surface area is 102 Å². The van der Waals surface area contributed by atoms with Crippen LogP contribution in [0, 0.1) is 0 Å². The molecule has 0 saturated carbocycles.